The molecule has 0 saturated carbocycles. The second kappa shape index (κ2) is 30.6. The number of ether oxygens (including phenoxy) is 7. The number of benzene rings is 6. The zero-order chi connectivity index (χ0) is 71.3. The predicted octanol–water partition coefficient (Wildman–Crippen LogP) is 13.6. The lowest BCUT2D eigenvalue weighted by molar-refractivity contribution is -0.127. The summed E-state index contributed by atoms with van der Waals surface area (Å²) >= 11 is 0. The zero-order valence-corrected chi connectivity index (χ0v) is 60.7. The van der Waals surface area contributed by atoms with Crippen molar-refractivity contribution in [2.75, 3.05) is 75.8 Å². The highest BCUT2D eigenvalue weighted by atomic mass is 28.3. The van der Waals surface area contributed by atoms with Crippen molar-refractivity contribution >= 4 is 85.8 Å². The maximum Gasteiger partial charge on any atom is 0.407 e. The molecule has 0 saturated heterocycles. The second-order valence-electron chi connectivity index (χ2n) is 28.8. The van der Waals surface area contributed by atoms with E-state index in [2.05, 4.69) is 62.0 Å². The third-order valence-electron chi connectivity index (χ3n) is 18.8. The van der Waals surface area contributed by atoms with Crippen molar-refractivity contribution < 1.29 is 71.1 Å². The quantitative estimate of drug-likeness (QED) is 0.0330. The number of fused-ring (bicyclic) bond motifs is 7. The van der Waals surface area contributed by atoms with Gasteiger partial charge < -0.3 is 53.6 Å². The monoisotopic (exact) mass is 1400 g/mol. The number of amides is 6. The van der Waals surface area contributed by atoms with Crippen LogP contribution < -0.4 is 39.4 Å². The highest BCUT2D eigenvalue weighted by molar-refractivity contribution is 6.76. The Kier molecular flexibility index (Phi) is 22.0. The molecule has 4 atom stereocenters. The largest absolute Gasteiger partial charge is 0.493 e. The smallest absolute Gasteiger partial charge is 0.407 e. The number of halogens is 1. The number of nitrogens with one attached hydrogen (secondary N) is 2. The number of ketones is 1. The first-order chi connectivity index (χ1) is 47.8. The number of carbonyl (C=O) groups is 7. The van der Waals surface area contributed by atoms with Gasteiger partial charge in [0.2, 0.25) is 5.91 Å². The molecular weight excluding hydrogens is 1310 g/mol. The first kappa shape index (κ1) is 71.8. The van der Waals surface area contributed by atoms with Gasteiger partial charge in [0.1, 0.15) is 38.0 Å². The zero-order valence-electron chi connectivity index (χ0n) is 58.7. The van der Waals surface area contributed by atoms with E-state index in [0.29, 0.717) is 42.1 Å². The molecule has 6 aromatic carbocycles. The van der Waals surface area contributed by atoms with Gasteiger partial charge in [0.25, 0.3) is 23.6 Å². The van der Waals surface area contributed by atoms with Crippen LogP contribution in [0.4, 0.5) is 26.2 Å². The van der Waals surface area contributed by atoms with Gasteiger partial charge in [0.05, 0.1) is 56.0 Å². The van der Waals surface area contributed by atoms with E-state index in [1.807, 2.05) is 50.2 Å². The first-order valence-corrected chi connectivity index (χ1v) is 41.6. The SMILES string of the molecule is COc1cc2c(cc1OCCCOc1cc3c(cc1OC)C(=O)N1C=C(c4ccc(NC(=O)[C@H](C)CC(=O)[C@@H](NC(=O)OCC5c6ccccc6-c6ccccc65)C(C)C)cc4)C[C@H]1C(=O)N3COCC[Si](C)(C)C)N(COCC[Si](C)(C)C)C(=O)[C@@H]1CC(c3ccc(F)cc3)=CN1C2=O. The maximum absolute atomic E-state index is 15.0. The van der Waals surface area contributed by atoms with Gasteiger partial charge in [0.15, 0.2) is 28.8 Å². The van der Waals surface area contributed by atoms with E-state index in [1.54, 1.807) is 80.0 Å². The average molecular weight is 1400 g/mol. The molecular formula is C77H89FN6O14Si2. The molecule has 4 heterocycles. The summed E-state index contributed by atoms with van der Waals surface area (Å²) in [4.78, 5) is 106. The average Bonchev–Trinajstić information content (AvgIpc) is 1.61. The van der Waals surface area contributed by atoms with E-state index in [9.17, 15) is 33.2 Å². The van der Waals surface area contributed by atoms with Gasteiger partial charge in [-0.2, -0.15) is 0 Å². The fourth-order valence-corrected chi connectivity index (χ4v) is 14.6. The number of hydrogen-bond acceptors (Lipinski definition) is 14. The number of alkyl carbamates (subject to hydrolysis) is 1. The summed E-state index contributed by atoms with van der Waals surface area (Å²) in [5, 5.41) is 5.69. The summed E-state index contributed by atoms with van der Waals surface area (Å²) in [5.74, 6) is -2.77. The summed E-state index contributed by atoms with van der Waals surface area (Å²) in [5.41, 5.74) is 8.68. The molecule has 23 heteroatoms. The van der Waals surface area contributed by atoms with E-state index in [-0.39, 0.29) is 122 Å². The molecule has 5 aliphatic rings. The molecule has 6 amide bonds. The molecule has 0 radical (unpaired) electrons. The standard InChI is InChI=1S/C77H89FN6O14Si2/c1-47(2)71(80-77(91)98-44-61-57-19-14-12-17-55(57)56-18-13-15-20-58(56)61)66(85)35-48(3)72(86)79-54-27-23-50(24-28-54)52-37-65-76(90)84(46-95-32-34-100(9,10)11)63-41-70(68(93-5)39-60(63)74(88)82(65)43-52)97-30-16-29-96-69-40-62-59(38-67(69)92-4)73(87)81-42-51(49-21-25-53(78)26-22-49)36-64(81)75(89)83(62)45-94-31-33-99(6,7)8/h12-15,17-28,38-43,47-48,61,64-65,71H,16,29-37,44-46H2,1-11H3,(H,79,86)(H,80,91)/t48-,64+,65+,71+/m1/s1. The van der Waals surface area contributed by atoms with Crippen LogP contribution >= 0.6 is 0 Å². The molecule has 0 aromatic heterocycles. The van der Waals surface area contributed by atoms with Crippen molar-refractivity contribution in [3.8, 4) is 34.1 Å². The minimum Gasteiger partial charge on any atom is -0.493 e. The number of hydrogen-bond donors (Lipinski definition) is 2. The van der Waals surface area contributed by atoms with Crippen molar-refractivity contribution in [2.24, 2.45) is 11.8 Å². The Labute approximate surface area is 585 Å². The number of methoxy groups -OCH3 is 2. The van der Waals surface area contributed by atoms with Crippen LogP contribution in [0.1, 0.15) is 95.3 Å². The highest BCUT2D eigenvalue weighted by Crippen LogP contribution is 2.47. The Morgan fingerprint density at radius 1 is 0.580 bits per heavy atom. The number of anilines is 3. The molecule has 100 heavy (non-hydrogen) atoms. The Bertz CT molecular complexity index is 4120. The second-order valence-corrected chi connectivity index (χ2v) is 40.1. The molecule has 0 unspecified atom stereocenters. The minimum absolute atomic E-state index is 0.0936. The minimum atomic E-state index is -1.55. The Balaban J connectivity index is 0.740. The lowest BCUT2D eigenvalue weighted by Gasteiger charge is -2.27. The number of Topliss-reactive ketones (excluding diaryl/α,β-unsaturated/α-hetero) is 1. The fourth-order valence-electron chi connectivity index (χ4n) is 13.1. The number of rotatable bonds is 29. The van der Waals surface area contributed by atoms with E-state index < -0.39 is 69.8 Å². The highest BCUT2D eigenvalue weighted by Gasteiger charge is 2.46. The lowest BCUT2D eigenvalue weighted by atomic mass is 9.93. The Hall–Kier alpha value is -9.43. The van der Waals surface area contributed by atoms with Crippen LogP contribution in [0.25, 0.3) is 22.3 Å². The number of carbonyl (C=O) groups excluding carboxylic acids is 7. The summed E-state index contributed by atoms with van der Waals surface area (Å²) in [7, 11) is -0.120. The molecule has 0 spiro atoms. The van der Waals surface area contributed by atoms with Gasteiger partial charge in [-0.1, -0.05) is 133 Å². The Morgan fingerprint density at radius 2 is 1.04 bits per heavy atom. The molecule has 6 aromatic rings. The summed E-state index contributed by atoms with van der Waals surface area (Å²) < 4.78 is 56.6. The molecule has 0 fully saturated rings. The van der Waals surface area contributed by atoms with Crippen LogP contribution in [0.2, 0.25) is 51.4 Å². The fraction of sp³-hybridized carbons (Fsp3) is 0.390. The van der Waals surface area contributed by atoms with Crippen LogP contribution in [-0.2, 0) is 33.4 Å². The van der Waals surface area contributed by atoms with Crippen LogP contribution in [-0.4, -0.2) is 146 Å². The third-order valence-corrected chi connectivity index (χ3v) is 22.2. The third kappa shape index (κ3) is 16.1. The lowest BCUT2D eigenvalue weighted by Crippen LogP contribution is -2.45. The van der Waals surface area contributed by atoms with E-state index in [0.717, 1.165) is 45.5 Å². The molecule has 4 aliphatic heterocycles. The van der Waals surface area contributed by atoms with Crippen molar-refractivity contribution in [1.29, 1.82) is 0 Å². The van der Waals surface area contributed by atoms with Gasteiger partial charge in [-0.25, -0.2) is 9.18 Å². The topological polar surface area (TPSA) is 221 Å². The van der Waals surface area contributed by atoms with Gasteiger partial charge in [-0.3, -0.25) is 38.6 Å². The molecule has 1 aliphatic carbocycles. The van der Waals surface area contributed by atoms with Crippen LogP contribution in [0.5, 0.6) is 23.0 Å². The first-order valence-electron chi connectivity index (χ1n) is 34.2. The van der Waals surface area contributed by atoms with Gasteiger partial charge in [-0.05, 0) is 98.9 Å². The van der Waals surface area contributed by atoms with E-state index in [4.69, 9.17) is 33.2 Å². The molecule has 11 rings (SSSR count). The van der Waals surface area contributed by atoms with E-state index >= 15 is 4.79 Å². The summed E-state index contributed by atoms with van der Waals surface area (Å²) in [6.45, 7) is 19.6. The van der Waals surface area contributed by atoms with Gasteiger partial charge in [0, 0.05) is 97.1 Å². The van der Waals surface area contributed by atoms with Crippen molar-refractivity contribution in [2.45, 2.75) is 122 Å². The molecule has 0 bridgehead atoms. The number of nitrogens with zero attached hydrogens (tertiary/aromatic N) is 4. The molecule has 526 valence electrons. The van der Waals surface area contributed by atoms with Gasteiger partial charge >= 0.3 is 6.09 Å². The van der Waals surface area contributed by atoms with E-state index in [1.165, 1.54) is 46.0 Å². The van der Waals surface area contributed by atoms with Crippen molar-refractivity contribution in [1.82, 2.24) is 15.1 Å². The molecule has 2 N–H and O–H groups in total. The van der Waals surface area contributed by atoms with Crippen LogP contribution in [0.3, 0.4) is 0 Å². The Morgan fingerprint density at radius 3 is 1.49 bits per heavy atom. The summed E-state index contributed by atoms with van der Waals surface area (Å²) in [6, 6.07) is 34.5. The van der Waals surface area contributed by atoms with Crippen LogP contribution in [0, 0.1) is 17.7 Å². The van der Waals surface area contributed by atoms with Crippen LogP contribution in [0.15, 0.2) is 134 Å². The van der Waals surface area contributed by atoms with Gasteiger partial charge in [-0.15, -0.1) is 0 Å². The molecule has 20 nitrogen and oxygen atoms in total. The summed E-state index contributed by atoms with van der Waals surface area (Å²) in [6.07, 6.45) is 3.22. The maximum atomic E-state index is 15.0. The normalized spacial score (nSPS) is 17.1. The van der Waals surface area contributed by atoms with Crippen molar-refractivity contribution in [3.05, 3.63) is 173 Å². The van der Waals surface area contributed by atoms with Crippen molar-refractivity contribution in [3.63, 3.8) is 0 Å². The predicted molar refractivity (Wildman–Crippen MR) is 387 cm³/mol.